The molecule has 2 aromatic carbocycles. The number of nitrogens with one attached hydrogen (secondary N) is 1. The monoisotopic (exact) mass is 459 g/mol. The number of nitrogens with zero attached hydrogens (tertiary/aromatic N) is 2. The van der Waals surface area contributed by atoms with Crippen LogP contribution >= 0.6 is 0 Å². The molecule has 4 rings (SSSR count). The van der Waals surface area contributed by atoms with Crippen LogP contribution in [0.5, 0.6) is 0 Å². The molecule has 0 saturated carbocycles. The number of hydrogen-bond donors (Lipinski definition) is 3. The van der Waals surface area contributed by atoms with E-state index < -0.39 is 17.6 Å². The third-order valence-corrected chi connectivity index (χ3v) is 6.06. The Kier molecular flexibility index (Phi) is 7.07. The smallest absolute Gasteiger partial charge is 0.278 e. The van der Waals surface area contributed by atoms with Gasteiger partial charge in [-0.05, 0) is 47.7 Å². The molecule has 0 spiro atoms. The maximum absolute atomic E-state index is 12.5. The van der Waals surface area contributed by atoms with Crippen LogP contribution in [0.1, 0.15) is 43.2 Å². The van der Waals surface area contributed by atoms with Crippen molar-refractivity contribution in [3.8, 4) is 11.1 Å². The molecule has 7 heteroatoms. The molecule has 0 unspecified atom stereocenters. The summed E-state index contributed by atoms with van der Waals surface area (Å²) in [6.07, 6.45) is 4.21. The van der Waals surface area contributed by atoms with Crippen LogP contribution in [0.15, 0.2) is 79.1 Å². The van der Waals surface area contributed by atoms with E-state index in [0.29, 0.717) is 5.65 Å². The van der Waals surface area contributed by atoms with E-state index in [4.69, 9.17) is 4.74 Å². The third-order valence-electron chi connectivity index (χ3n) is 6.06. The largest absolute Gasteiger partial charge is 0.383 e. The van der Waals surface area contributed by atoms with Gasteiger partial charge in [0.25, 0.3) is 5.91 Å². The van der Waals surface area contributed by atoms with Crippen LogP contribution in [-0.2, 0) is 22.6 Å². The number of ether oxygens (including phenoxy) is 1. The second-order valence-electron chi connectivity index (χ2n) is 8.51. The maximum Gasteiger partial charge on any atom is 0.278 e. The zero-order chi connectivity index (χ0) is 24.1. The first-order valence-corrected chi connectivity index (χ1v) is 11.3. The van der Waals surface area contributed by atoms with E-state index in [-0.39, 0.29) is 12.3 Å². The summed E-state index contributed by atoms with van der Waals surface area (Å²) in [5, 5.41) is 20.3. The van der Waals surface area contributed by atoms with Gasteiger partial charge in [-0.15, -0.1) is 0 Å². The fourth-order valence-corrected chi connectivity index (χ4v) is 3.93. The molecule has 176 valence electrons. The average molecular weight is 460 g/mol. The van der Waals surface area contributed by atoms with Gasteiger partial charge in [0.15, 0.2) is 5.60 Å². The fraction of sp³-hybridized carbons (Fsp3) is 0.259. The number of imidazole rings is 1. The van der Waals surface area contributed by atoms with Crippen LogP contribution in [0, 0.1) is 0 Å². The minimum Gasteiger partial charge on any atom is -0.383 e. The Balaban J connectivity index is 1.50. The minimum absolute atomic E-state index is 0.0596. The second kappa shape index (κ2) is 10.2. The van der Waals surface area contributed by atoms with Gasteiger partial charge < -0.3 is 14.2 Å². The Bertz CT molecular complexity index is 1220. The molecule has 0 fully saturated rings. The molecular weight excluding hydrogens is 430 g/mol. The maximum atomic E-state index is 12.5. The van der Waals surface area contributed by atoms with Crippen molar-refractivity contribution in [2.45, 2.75) is 45.0 Å². The number of aryl methyl sites for hydroxylation is 1. The number of aromatic nitrogens is 2. The average Bonchev–Trinajstić information content (AvgIpc) is 3.31. The standard InChI is InChI=1S/C27H29N3O4/c1-3-6-19-8-12-21(13-9-19)22-14-10-20(11-15-22)18-34-27(2,26(32)29-33)25(31)23-17-30-16-5-4-7-24(30)28-23/h4-5,7-17,25,31,33H,3,6,18H2,1-2H3,(H,29,32)/t25-,27-/m0/s1. The zero-order valence-corrected chi connectivity index (χ0v) is 19.3. The molecule has 2 atom stereocenters. The van der Waals surface area contributed by atoms with Crippen LogP contribution in [0.25, 0.3) is 16.8 Å². The highest BCUT2D eigenvalue weighted by molar-refractivity contribution is 5.84. The quantitative estimate of drug-likeness (QED) is 0.254. The van der Waals surface area contributed by atoms with E-state index in [2.05, 4.69) is 36.2 Å². The van der Waals surface area contributed by atoms with Crippen molar-refractivity contribution in [1.82, 2.24) is 14.9 Å². The van der Waals surface area contributed by atoms with Crippen molar-refractivity contribution in [3.05, 3.63) is 95.9 Å². The molecule has 4 aromatic rings. The lowest BCUT2D eigenvalue weighted by molar-refractivity contribution is -0.174. The predicted octanol–water partition coefficient (Wildman–Crippen LogP) is 4.47. The Hall–Kier alpha value is -3.52. The molecule has 0 radical (unpaired) electrons. The second-order valence-corrected chi connectivity index (χ2v) is 8.51. The van der Waals surface area contributed by atoms with Gasteiger partial charge in [-0.1, -0.05) is 67.9 Å². The molecule has 3 N–H and O–H groups in total. The summed E-state index contributed by atoms with van der Waals surface area (Å²) in [5.74, 6) is -0.860. The van der Waals surface area contributed by atoms with Gasteiger partial charge in [0.2, 0.25) is 0 Å². The SMILES string of the molecule is CCCc1ccc(-c2ccc(CO[C@](C)(C(=O)NO)[C@@H](O)c3cn4ccccc4n3)cc2)cc1. The van der Waals surface area contributed by atoms with E-state index in [1.165, 1.54) is 12.5 Å². The van der Waals surface area contributed by atoms with Gasteiger partial charge in [-0.2, -0.15) is 0 Å². The van der Waals surface area contributed by atoms with E-state index >= 15 is 0 Å². The summed E-state index contributed by atoms with van der Waals surface area (Å²) in [4.78, 5) is 16.9. The Morgan fingerprint density at radius 3 is 2.29 bits per heavy atom. The van der Waals surface area contributed by atoms with Gasteiger partial charge in [0.1, 0.15) is 11.8 Å². The number of carbonyl (C=O) groups is 1. The van der Waals surface area contributed by atoms with E-state index in [1.54, 1.807) is 28.3 Å². The first-order valence-electron chi connectivity index (χ1n) is 11.3. The van der Waals surface area contributed by atoms with Crippen molar-refractivity contribution in [2.24, 2.45) is 0 Å². The lowest BCUT2D eigenvalue weighted by atomic mass is 9.95. The predicted molar refractivity (Wildman–Crippen MR) is 129 cm³/mol. The van der Waals surface area contributed by atoms with E-state index in [0.717, 1.165) is 29.5 Å². The Morgan fingerprint density at radius 1 is 1.06 bits per heavy atom. The molecule has 34 heavy (non-hydrogen) atoms. The number of benzene rings is 2. The number of amides is 1. The first kappa shape index (κ1) is 23.6. The number of aliphatic hydroxyl groups excluding tert-OH is 1. The van der Waals surface area contributed by atoms with Gasteiger partial charge in [0, 0.05) is 12.4 Å². The topological polar surface area (TPSA) is 96.1 Å². The van der Waals surface area contributed by atoms with Crippen LogP contribution in [0.3, 0.4) is 0 Å². The zero-order valence-electron chi connectivity index (χ0n) is 19.3. The summed E-state index contributed by atoms with van der Waals surface area (Å²) >= 11 is 0. The highest BCUT2D eigenvalue weighted by Crippen LogP contribution is 2.31. The lowest BCUT2D eigenvalue weighted by Gasteiger charge is -2.31. The van der Waals surface area contributed by atoms with Crippen molar-refractivity contribution < 1.29 is 19.8 Å². The van der Waals surface area contributed by atoms with Crippen LogP contribution < -0.4 is 5.48 Å². The van der Waals surface area contributed by atoms with Crippen LogP contribution in [0.4, 0.5) is 0 Å². The number of pyridine rings is 1. The summed E-state index contributed by atoms with van der Waals surface area (Å²) in [6, 6.07) is 21.8. The molecule has 0 bridgehead atoms. The lowest BCUT2D eigenvalue weighted by Crippen LogP contribution is -2.50. The number of rotatable bonds is 9. The number of fused-ring (bicyclic) bond motifs is 1. The summed E-state index contributed by atoms with van der Waals surface area (Å²) < 4.78 is 7.64. The summed E-state index contributed by atoms with van der Waals surface area (Å²) in [7, 11) is 0. The molecule has 2 heterocycles. The van der Waals surface area contributed by atoms with Crippen LogP contribution in [0.2, 0.25) is 0 Å². The molecule has 0 aliphatic carbocycles. The van der Waals surface area contributed by atoms with Crippen molar-refractivity contribution in [2.75, 3.05) is 0 Å². The number of carbonyl (C=O) groups excluding carboxylic acids is 1. The minimum atomic E-state index is -1.76. The van der Waals surface area contributed by atoms with Gasteiger partial charge in [-0.25, -0.2) is 10.5 Å². The Labute approximate surface area is 198 Å². The number of hydroxylamine groups is 1. The molecular formula is C27H29N3O4. The van der Waals surface area contributed by atoms with Gasteiger partial charge in [0.05, 0.1) is 12.3 Å². The van der Waals surface area contributed by atoms with E-state index in [9.17, 15) is 15.1 Å². The van der Waals surface area contributed by atoms with Crippen LogP contribution in [-0.4, -0.2) is 31.2 Å². The molecule has 2 aromatic heterocycles. The van der Waals surface area contributed by atoms with Crippen molar-refractivity contribution in [1.29, 1.82) is 0 Å². The highest BCUT2D eigenvalue weighted by Gasteiger charge is 2.44. The molecule has 1 amide bonds. The molecule has 7 nitrogen and oxygen atoms in total. The normalized spacial score (nSPS) is 14.0. The van der Waals surface area contributed by atoms with Crippen molar-refractivity contribution >= 4 is 11.6 Å². The van der Waals surface area contributed by atoms with Gasteiger partial charge in [-0.3, -0.25) is 10.0 Å². The van der Waals surface area contributed by atoms with Gasteiger partial charge >= 0.3 is 0 Å². The highest BCUT2D eigenvalue weighted by atomic mass is 16.5. The number of hydrogen-bond acceptors (Lipinski definition) is 5. The first-order chi connectivity index (χ1) is 16.4. The molecule has 0 aliphatic heterocycles. The summed E-state index contributed by atoms with van der Waals surface area (Å²) in [5.41, 5.74) is 5.08. The Morgan fingerprint density at radius 2 is 1.71 bits per heavy atom. The fourth-order valence-electron chi connectivity index (χ4n) is 3.93. The molecule has 0 aliphatic rings. The van der Waals surface area contributed by atoms with Crippen molar-refractivity contribution in [3.63, 3.8) is 0 Å². The summed E-state index contributed by atoms with van der Waals surface area (Å²) in [6.45, 7) is 3.66. The third kappa shape index (κ3) is 4.87. The molecule has 0 saturated heterocycles. The number of aliphatic hydroxyl groups is 1. The van der Waals surface area contributed by atoms with E-state index in [1.807, 2.05) is 36.4 Å².